The third-order valence-corrected chi connectivity index (χ3v) is 4.01. The van der Waals surface area contributed by atoms with Gasteiger partial charge in [0.1, 0.15) is 0 Å². The Labute approximate surface area is 82.8 Å². The van der Waals surface area contributed by atoms with Gasteiger partial charge in [-0.15, -0.1) is 0 Å². The van der Waals surface area contributed by atoms with Crippen LogP contribution in [0.4, 0.5) is 0 Å². The Morgan fingerprint density at radius 3 is 2.93 bits per heavy atom. The number of allylic oxidation sites excluding steroid dienone is 1. The summed E-state index contributed by atoms with van der Waals surface area (Å²) < 4.78 is 5.01. The van der Waals surface area contributed by atoms with Crippen LogP contribution in [0, 0.1) is 23.7 Å². The van der Waals surface area contributed by atoms with Crippen molar-refractivity contribution in [3.05, 3.63) is 12.2 Å². The Bertz CT molecular complexity index is 322. The zero-order valence-corrected chi connectivity index (χ0v) is 8.14. The van der Waals surface area contributed by atoms with E-state index in [-0.39, 0.29) is 23.7 Å². The van der Waals surface area contributed by atoms with Gasteiger partial charge in [0.05, 0.1) is 18.1 Å². The first-order valence-corrected chi connectivity index (χ1v) is 5.27. The van der Waals surface area contributed by atoms with E-state index in [1.807, 2.05) is 0 Å². The maximum absolute atomic E-state index is 11.7. The van der Waals surface area contributed by atoms with Crippen molar-refractivity contribution in [2.75, 3.05) is 6.61 Å². The molecule has 5 unspecified atom stereocenters. The van der Waals surface area contributed by atoms with Crippen molar-refractivity contribution in [3.63, 3.8) is 0 Å². The van der Waals surface area contributed by atoms with Gasteiger partial charge in [0.15, 0.2) is 0 Å². The molecule has 14 heavy (non-hydrogen) atoms. The minimum absolute atomic E-state index is 0.214. The van der Waals surface area contributed by atoms with E-state index in [4.69, 9.17) is 4.74 Å². The van der Waals surface area contributed by atoms with Crippen molar-refractivity contribution in [1.82, 2.24) is 0 Å². The maximum Gasteiger partial charge on any atom is 0.312 e. The number of carbonyl (C=O) groups is 1. The van der Waals surface area contributed by atoms with Gasteiger partial charge in [0.2, 0.25) is 0 Å². The molecule has 0 spiro atoms. The summed E-state index contributed by atoms with van der Waals surface area (Å²) in [6, 6.07) is 0. The number of carbonyl (C=O) groups excluding carboxylic acids is 1. The largest absolute Gasteiger partial charge is 0.466 e. The fourth-order valence-corrected chi connectivity index (χ4v) is 3.38. The van der Waals surface area contributed by atoms with E-state index in [0.29, 0.717) is 12.5 Å². The van der Waals surface area contributed by atoms with Crippen LogP contribution in [0.5, 0.6) is 0 Å². The van der Waals surface area contributed by atoms with E-state index in [9.17, 15) is 9.90 Å². The predicted octanol–water partition coefficient (Wildman–Crippen LogP) is 0.732. The van der Waals surface area contributed by atoms with Crippen molar-refractivity contribution in [2.45, 2.75) is 18.9 Å². The molecule has 2 fully saturated rings. The van der Waals surface area contributed by atoms with Crippen LogP contribution < -0.4 is 0 Å². The Morgan fingerprint density at radius 2 is 2.43 bits per heavy atom. The molecule has 4 rings (SSSR count). The van der Waals surface area contributed by atoms with Gasteiger partial charge < -0.3 is 9.84 Å². The first-order valence-electron chi connectivity index (χ1n) is 5.27. The molecule has 0 saturated heterocycles. The molecule has 3 nitrogen and oxygen atoms in total. The Morgan fingerprint density at radius 1 is 1.64 bits per heavy atom. The second-order valence-electron chi connectivity index (χ2n) is 4.53. The summed E-state index contributed by atoms with van der Waals surface area (Å²) in [4.78, 5) is 11.7. The van der Waals surface area contributed by atoms with Gasteiger partial charge in [0.25, 0.3) is 0 Å². The van der Waals surface area contributed by atoms with Crippen LogP contribution in [0.15, 0.2) is 12.2 Å². The molecule has 2 saturated carbocycles. The maximum atomic E-state index is 11.7. The third kappa shape index (κ3) is 0.753. The van der Waals surface area contributed by atoms with Crippen molar-refractivity contribution >= 4 is 5.97 Å². The van der Waals surface area contributed by atoms with Crippen LogP contribution in [0.3, 0.4) is 0 Å². The number of esters is 1. The van der Waals surface area contributed by atoms with Crippen molar-refractivity contribution in [2.24, 2.45) is 23.7 Å². The van der Waals surface area contributed by atoms with Crippen LogP contribution in [0.25, 0.3) is 0 Å². The first kappa shape index (κ1) is 8.48. The Kier molecular flexibility index (Phi) is 1.45. The number of hydrogen-bond donors (Lipinski definition) is 1. The van der Waals surface area contributed by atoms with Gasteiger partial charge in [-0.1, -0.05) is 12.2 Å². The number of aliphatic hydroxyl groups is 1. The van der Waals surface area contributed by atoms with E-state index in [0.717, 1.165) is 6.42 Å². The topological polar surface area (TPSA) is 46.5 Å². The number of rotatable bonds is 2. The predicted molar refractivity (Wildman–Crippen MR) is 49.3 cm³/mol. The third-order valence-electron chi connectivity index (χ3n) is 4.01. The van der Waals surface area contributed by atoms with Crippen molar-refractivity contribution < 1.29 is 14.6 Å². The van der Waals surface area contributed by atoms with E-state index >= 15 is 0 Å². The fourth-order valence-electron chi connectivity index (χ4n) is 3.38. The average Bonchev–Trinajstić information content (AvgIpc) is 2.65. The summed E-state index contributed by atoms with van der Waals surface area (Å²) in [7, 11) is 0. The van der Waals surface area contributed by atoms with E-state index < -0.39 is 5.60 Å². The molecule has 0 aliphatic heterocycles. The molecule has 3 heteroatoms. The molecule has 0 heterocycles. The minimum Gasteiger partial charge on any atom is -0.466 e. The Balaban J connectivity index is 1.89. The summed E-state index contributed by atoms with van der Waals surface area (Å²) >= 11 is 0. The highest BCUT2D eigenvalue weighted by molar-refractivity contribution is 5.77. The van der Waals surface area contributed by atoms with Crippen LogP contribution >= 0.6 is 0 Å². The zero-order valence-electron chi connectivity index (χ0n) is 8.14. The van der Waals surface area contributed by atoms with Crippen LogP contribution in [-0.2, 0) is 9.53 Å². The Hall–Kier alpha value is -0.830. The second-order valence-corrected chi connectivity index (χ2v) is 4.53. The smallest absolute Gasteiger partial charge is 0.312 e. The lowest BCUT2D eigenvalue weighted by molar-refractivity contribution is -0.154. The van der Waals surface area contributed by atoms with E-state index in [2.05, 4.69) is 12.2 Å². The summed E-state index contributed by atoms with van der Waals surface area (Å²) in [5.41, 5.74) is -0.744. The lowest BCUT2D eigenvalue weighted by atomic mass is 9.82. The summed E-state index contributed by atoms with van der Waals surface area (Å²) in [5, 5.41) is 10.3. The molecule has 0 radical (unpaired) electrons. The standard InChI is InChI=1S/C11H14O3/c1-2-14-10(12)9-6-3-4-7-8(5-6)11(7,9)13/h3-4,6-9,13H,2,5H2,1H3. The van der Waals surface area contributed by atoms with Crippen LogP contribution in [0.1, 0.15) is 13.3 Å². The summed E-state index contributed by atoms with van der Waals surface area (Å²) in [6.07, 6.45) is 5.10. The van der Waals surface area contributed by atoms with Crippen LogP contribution in [-0.4, -0.2) is 23.3 Å². The zero-order chi connectivity index (χ0) is 9.92. The second kappa shape index (κ2) is 2.40. The van der Waals surface area contributed by atoms with Crippen molar-refractivity contribution in [1.29, 1.82) is 0 Å². The molecule has 76 valence electrons. The normalized spacial score (nSPS) is 51.9. The molecule has 4 aliphatic carbocycles. The summed E-state index contributed by atoms with van der Waals surface area (Å²) in [5.74, 6) is 0.264. The lowest BCUT2D eigenvalue weighted by Crippen LogP contribution is -2.37. The summed E-state index contributed by atoms with van der Waals surface area (Å²) in [6.45, 7) is 2.20. The van der Waals surface area contributed by atoms with Crippen LogP contribution in [0.2, 0.25) is 0 Å². The van der Waals surface area contributed by atoms with Gasteiger partial charge in [-0.25, -0.2) is 0 Å². The van der Waals surface area contributed by atoms with Gasteiger partial charge in [-0.2, -0.15) is 0 Å². The average molecular weight is 194 g/mol. The number of ether oxygens (including phenoxy) is 1. The molecular weight excluding hydrogens is 180 g/mol. The highest BCUT2D eigenvalue weighted by atomic mass is 16.5. The van der Waals surface area contributed by atoms with E-state index in [1.54, 1.807) is 6.92 Å². The quantitative estimate of drug-likeness (QED) is 0.520. The molecule has 0 amide bonds. The lowest BCUT2D eigenvalue weighted by Gasteiger charge is -2.26. The molecule has 0 aromatic rings. The SMILES string of the molecule is CCOC(=O)C1C2C=CC3C(C2)C31O. The number of hydrogen-bond acceptors (Lipinski definition) is 3. The molecule has 1 N–H and O–H groups in total. The molecule has 0 aromatic carbocycles. The monoisotopic (exact) mass is 194 g/mol. The van der Waals surface area contributed by atoms with Crippen molar-refractivity contribution in [3.8, 4) is 0 Å². The molecular formula is C11H14O3. The highest BCUT2D eigenvalue weighted by Gasteiger charge is 2.76. The van der Waals surface area contributed by atoms with Gasteiger partial charge in [-0.05, 0) is 25.2 Å². The van der Waals surface area contributed by atoms with E-state index in [1.165, 1.54) is 0 Å². The molecule has 0 aromatic heterocycles. The van der Waals surface area contributed by atoms with Gasteiger partial charge in [-0.3, -0.25) is 4.79 Å². The molecule has 5 atom stereocenters. The molecule has 4 bridgehead atoms. The van der Waals surface area contributed by atoms with Gasteiger partial charge >= 0.3 is 5.97 Å². The fraction of sp³-hybridized carbons (Fsp3) is 0.727. The minimum atomic E-state index is -0.744. The highest BCUT2D eigenvalue weighted by Crippen LogP contribution is 2.69. The first-order chi connectivity index (χ1) is 6.69. The van der Waals surface area contributed by atoms with Gasteiger partial charge in [0, 0.05) is 5.92 Å². The molecule has 4 aliphatic rings.